The molecule has 0 aromatic rings. The Kier molecular flexibility index (Phi) is 4.19. The lowest BCUT2D eigenvalue weighted by molar-refractivity contribution is -0.217. The minimum Gasteiger partial charge on any atom is -0.461 e. The van der Waals surface area contributed by atoms with Gasteiger partial charge in [0.1, 0.15) is 0 Å². The lowest BCUT2D eigenvalue weighted by Crippen LogP contribution is -2.44. The van der Waals surface area contributed by atoms with Crippen molar-refractivity contribution >= 4 is 27.9 Å². The van der Waals surface area contributed by atoms with E-state index in [2.05, 4.69) is 15.9 Å². The van der Waals surface area contributed by atoms with E-state index in [4.69, 9.17) is 14.2 Å². The topological polar surface area (TPSA) is 61.8 Å². The maximum Gasteiger partial charge on any atom is 0.379 e. The van der Waals surface area contributed by atoms with Crippen LogP contribution in [0.4, 0.5) is 0 Å². The van der Waals surface area contributed by atoms with Gasteiger partial charge in [-0.1, -0.05) is 13.8 Å². The first-order valence-corrected chi connectivity index (χ1v) is 6.32. The smallest absolute Gasteiger partial charge is 0.379 e. The standard InChI is InChI=1S/C11H17BrO5/c1-5-15-9(14)11(6-7(2)3)16-8(13)10(4,12)17-11/h7H,5-6H2,1-4H3. The van der Waals surface area contributed by atoms with Gasteiger partial charge in [0, 0.05) is 6.42 Å². The molecular formula is C11H17BrO5. The van der Waals surface area contributed by atoms with Gasteiger partial charge in [0.05, 0.1) is 6.61 Å². The average Bonchev–Trinajstić information content (AvgIpc) is 2.37. The summed E-state index contributed by atoms with van der Waals surface area (Å²) in [4.78, 5) is 23.5. The van der Waals surface area contributed by atoms with Crippen LogP contribution in [0.25, 0.3) is 0 Å². The van der Waals surface area contributed by atoms with Gasteiger partial charge in [0.15, 0.2) is 0 Å². The lowest BCUT2D eigenvalue weighted by Gasteiger charge is -2.26. The van der Waals surface area contributed by atoms with Crippen LogP contribution in [-0.4, -0.2) is 28.8 Å². The molecule has 1 heterocycles. The molecule has 0 saturated carbocycles. The number of alkyl halides is 1. The van der Waals surface area contributed by atoms with E-state index in [1.54, 1.807) is 6.92 Å². The van der Waals surface area contributed by atoms with Crippen molar-refractivity contribution in [2.75, 3.05) is 6.61 Å². The van der Waals surface area contributed by atoms with Crippen LogP contribution in [-0.2, 0) is 23.8 Å². The van der Waals surface area contributed by atoms with Gasteiger partial charge in [-0.3, -0.25) is 0 Å². The van der Waals surface area contributed by atoms with E-state index in [0.717, 1.165) is 0 Å². The van der Waals surface area contributed by atoms with Gasteiger partial charge in [-0.2, -0.15) is 0 Å². The van der Waals surface area contributed by atoms with Gasteiger partial charge in [0.25, 0.3) is 0 Å². The van der Waals surface area contributed by atoms with Gasteiger partial charge in [-0.15, -0.1) is 0 Å². The third-order valence-electron chi connectivity index (χ3n) is 2.24. The molecule has 1 aliphatic rings. The summed E-state index contributed by atoms with van der Waals surface area (Å²) >= 11 is 3.09. The van der Waals surface area contributed by atoms with Crippen molar-refractivity contribution in [3.05, 3.63) is 0 Å². The van der Waals surface area contributed by atoms with E-state index in [1.165, 1.54) is 6.92 Å². The summed E-state index contributed by atoms with van der Waals surface area (Å²) in [5.41, 5.74) is 0. The van der Waals surface area contributed by atoms with Crippen LogP contribution in [0, 0.1) is 5.92 Å². The summed E-state index contributed by atoms with van der Waals surface area (Å²) in [6, 6.07) is 0. The molecule has 0 aromatic carbocycles. The molecule has 17 heavy (non-hydrogen) atoms. The summed E-state index contributed by atoms with van der Waals surface area (Å²) in [5.74, 6) is -2.79. The molecule has 1 rings (SSSR count). The SMILES string of the molecule is CCOC(=O)C1(CC(C)C)OC(=O)C(C)(Br)O1. The van der Waals surface area contributed by atoms with Crippen molar-refractivity contribution in [3.63, 3.8) is 0 Å². The number of hydrogen-bond acceptors (Lipinski definition) is 5. The molecule has 0 amide bonds. The predicted molar refractivity (Wildman–Crippen MR) is 63.3 cm³/mol. The summed E-state index contributed by atoms with van der Waals surface area (Å²) in [5, 5.41) is 0. The van der Waals surface area contributed by atoms with Crippen LogP contribution in [0.5, 0.6) is 0 Å². The fourth-order valence-electron chi connectivity index (χ4n) is 1.64. The van der Waals surface area contributed by atoms with Crippen molar-refractivity contribution in [2.45, 2.75) is 44.4 Å². The highest BCUT2D eigenvalue weighted by Gasteiger charge is 2.60. The van der Waals surface area contributed by atoms with Crippen molar-refractivity contribution in [3.8, 4) is 0 Å². The quantitative estimate of drug-likeness (QED) is 0.587. The second-order valence-electron chi connectivity index (χ2n) is 4.48. The third-order valence-corrected chi connectivity index (χ3v) is 2.73. The Morgan fingerprint density at radius 1 is 1.53 bits per heavy atom. The Labute approximate surface area is 109 Å². The van der Waals surface area contributed by atoms with Crippen molar-refractivity contribution in [2.24, 2.45) is 5.92 Å². The normalized spacial score (nSPS) is 32.7. The summed E-state index contributed by atoms with van der Waals surface area (Å²) in [6.45, 7) is 7.20. The molecule has 1 fully saturated rings. The van der Waals surface area contributed by atoms with E-state index in [-0.39, 0.29) is 18.9 Å². The van der Waals surface area contributed by atoms with Crippen LogP contribution >= 0.6 is 15.9 Å². The summed E-state index contributed by atoms with van der Waals surface area (Å²) in [7, 11) is 0. The summed E-state index contributed by atoms with van der Waals surface area (Å²) in [6.07, 6.45) is 0.263. The Balaban J connectivity index is 2.97. The van der Waals surface area contributed by atoms with Gasteiger partial charge in [-0.25, -0.2) is 9.59 Å². The number of cyclic esters (lactones) is 1. The van der Waals surface area contributed by atoms with Crippen LogP contribution in [0.3, 0.4) is 0 Å². The summed E-state index contributed by atoms with van der Waals surface area (Å²) < 4.78 is 14.2. The first-order valence-electron chi connectivity index (χ1n) is 5.53. The van der Waals surface area contributed by atoms with Crippen LogP contribution in [0.1, 0.15) is 34.1 Å². The number of halogens is 1. The number of hydrogen-bond donors (Lipinski definition) is 0. The van der Waals surface area contributed by atoms with E-state index in [0.29, 0.717) is 0 Å². The minimum atomic E-state index is -1.63. The Bertz CT molecular complexity index is 326. The third kappa shape index (κ3) is 2.98. The molecule has 6 heteroatoms. The van der Waals surface area contributed by atoms with Crippen molar-refractivity contribution in [1.29, 1.82) is 0 Å². The van der Waals surface area contributed by atoms with E-state index >= 15 is 0 Å². The highest BCUT2D eigenvalue weighted by Crippen LogP contribution is 2.41. The minimum absolute atomic E-state index is 0.119. The number of carbonyl (C=O) groups excluding carboxylic acids is 2. The van der Waals surface area contributed by atoms with Crippen molar-refractivity contribution < 1.29 is 23.8 Å². The second-order valence-corrected chi connectivity index (χ2v) is 5.99. The largest absolute Gasteiger partial charge is 0.461 e. The van der Waals surface area contributed by atoms with Gasteiger partial charge < -0.3 is 14.2 Å². The maximum absolute atomic E-state index is 11.9. The Morgan fingerprint density at radius 2 is 2.12 bits per heavy atom. The highest BCUT2D eigenvalue weighted by molar-refractivity contribution is 9.10. The molecule has 0 spiro atoms. The first kappa shape index (κ1) is 14.4. The molecular weight excluding hydrogens is 292 g/mol. The molecule has 2 atom stereocenters. The van der Waals surface area contributed by atoms with Crippen molar-refractivity contribution in [1.82, 2.24) is 0 Å². The Morgan fingerprint density at radius 3 is 2.47 bits per heavy atom. The zero-order valence-corrected chi connectivity index (χ0v) is 12.0. The van der Waals surface area contributed by atoms with Crippen LogP contribution in [0.2, 0.25) is 0 Å². The fourth-order valence-corrected chi connectivity index (χ4v) is 1.98. The Hall–Kier alpha value is -0.620. The fraction of sp³-hybridized carbons (Fsp3) is 0.818. The molecule has 0 radical (unpaired) electrons. The zero-order valence-electron chi connectivity index (χ0n) is 10.4. The van der Waals surface area contributed by atoms with Gasteiger partial charge >= 0.3 is 17.7 Å². The molecule has 1 aliphatic heterocycles. The number of rotatable bonds is 4. The highest BCUT2D eigenvalue weighted by atomic mass is 79.9. The number of ether oxygens (including phenoxy) is 3. The average molecular weight is 309 g/mol. The number of esters is 2. The molecule has 0 aromatic heterocycles. The molecule has 5 nitrogen and oxygen atoms in total. The van der Waals surface area contributed by atoms with E-state index in [9.17, 15) is 9.59 Å². The van der Waals surface area contributed by atoms with E-state index < -0.39 is 22.2 Å². The predicted octanol–water partition coefficient (Wildman–Crippen LogP) is 1.98. The second kappa shape index (κ2) is 4.94. The monoisotopic (exact) mass is 308 g/mol. The molecule has 0 N–H and O–H groups in total. The van der Waals surface area contributed by atoms with Crippen LogP contribution < -0.4 is 0 Å². The zero-order chi connectivity index (χ0) is 13.3. The first-order chi connectivity index (χ1) is 7.73. The van der Waals surface area contributed by atoms with Gasteiger partial charge in [-0.05, 0) is 35.7 Å². The molecule has 0 bridgehead atoms. The maximum atomic E-state index is 11.9. The van der Waals surface area contributed by atoms with Crippen LogP contribution in [0.15, 0.2) is 0 Å². The molecule has 98 valence electrons. The van der Waals surface area contributed by atoms with Gasteiger partial charge in [0.2, 0.25) is 4.51 Å². The molecule has 2 unspecified atom stereocenters. The lowest BCUT2D eigenvalue weighted by atomic mass is 10.0. The molecule has 0 aliphatic carbocycles. The molecule has 1 saturated heterocycles. The number of carbonyl (C=O) groups is 2. The van der Waals surface area contributed by atoms with E-state index in [1.807, 2.05) is 13.8 Å².